The van der Waals surface area contributed by atoms with E-state index in [0.29, 0.717) is 25.0 Å². The van der Waals surface area contributed by atoms with Crippen LogP contribution in [0.2, 0.25) is 0 Å². The molecular formula is C11H20N4OS. The van der Waals surface area contributed by atoms with Crippen molar-refractivity contribution in [1.82, 2.24) is 10.3 Å². The molecule has 6 heteroatoms. The van der Waals surface area contributed by atoms with Gasteiger partial charge < -0.3 is 15.8 Å². The average Bonchev–Trinajstić information content (AvgIpc) is 2.79. The Labute approximate surface area is 106 Å². The first kappa shape index (κ1) is 13.9. The van der Waals surface area contributed by atoms with E-state index >= 15 is 0 Å². The Balaban J connectivity index is 2.37. The van der Waals surface area contributed by atoms with Crippen molar-refractivity contribution in [2.24, 2.45) is 10.7 Å². The summed E-state index contributed by atoms with van der Waals surface area (Å²) in [6.07, 6.45) is 1.81. The number of aromatic nitrogens is 1. The highest BCUT2D eigenvalue weighted by atomic mass is 32.1. The van der Waals surface area contributed by atoms with Crippen molar-refractivity contribution in [3.8, 4) is 0 Å². The molecule has 0 radical (unpaired) electrons. The number of nitrogens with two attached hydrogens (primary N) is 1. The second-order valence-corrected chi connectivity index (χ2v) is 4.92. The molecule has 0 aromatic carbocycles. The zero-order valence-electron chi connectivity index (χ0n) is 10.5. The number of hydrogen-bond acceptors (Lipinski definition) is 4. The topological polar surface area (TPSA) is 72.5 Å². The van der Waals surface area contributed by atoms with Crippen LogP contribution in [0.15, 0.2) is 16.6 Å². The Bertz CT molecular complexity index is 339. The zero-order chi connectivity index (χ0) is 12.7. The fraction of sp³-hybridized carbons (Fsp3) is 0.636. The highest BCUT2D eigenvalue weighted by molar-refractivity contribution is 7.09. The third-order valence-corrected chi connectivity index (χ3v) is 3.23. The predicted molar refractivity (Wildman–Crippen MR) is 71.5 cm³/mol. The summed E-state index contributed by atoms with van der Waals surface area (Å²) in [6, 6.07) is 0.166. The highest BCUT2D eigenvalue weighted by Crippen LogP contribution is 2.17. The predicted octanol–water partition coefficient (Wildman–Crippen LogP) is 1.19. The van der Waals surface area contributed by atoms with E-state index in [-0.39, 0.29) is 6.04 Å². The number of rotatable bonds is 6. The first-order valence-corrected chi connectivity index (χ1v) is 6.46. The van der Waals surface area contributed by atoms with Crippen molar-refractivity contribution >= 4 is 17.3 Å². The lowest BCUT2D eigenvalue weighted by Gasteiger charge is -2.13. The van der Waals surface area contributed by atoms with Crippen LogP contribution in [0, 0.1) is 0 Å². The monoisotopic (exact) mass is 256 g/mol. The van der Waals surface area contributed by atoms with Crippen LogP contribution in [-0.4, -0.2) is 37.2 Å². The van der Waals surface area contributed by atoms with Crippen LogP contribution in [0.1, 0.15) is 24.8 Å². The Hall–Kier alpha value is -1.14. The summed E-state index contributed by atoms with van der Waals surface area (Å²) >= 11 is 1.64. The van der Waals surface area contributed by atoms with E-state index < -0.39 is 0 Å². The van der Waals surface area contributed by atoms with Crippen molar-refractivity contribution < 1.29 is 4.74 Å². The van der Waals surface area contributed by atoms with E-state index in [0.717, 1.165) is 5.01 Å². The molecule has 0 fully saturated rings. The van der Waals surface area contributed by atoms with E-state index in [4.69, 9.17) is 10.5 Å². The molecule has 0 spiro atoms. The van der Waals surface area contributed by atoms with E-state index in [2.05, 4.69) is 22.2 Å². The van der Waals surface area contributed by atoms with Crippen LogP contribution in [0.25, 0.3) is 0 Å². The molecule has 1 heterocycles. The van der Waals surface area contributed by atoms with Crippen LogP contribution in [0.5, 0.6) is 0 Å². The molecule has 0 amide bonds. The maximum atomic E-state index is 5.77. The third kappa shape index (κ3) is 5.14. The molecule has 5 nitrogen and oxygen atoms in total. The van der Waals surface area contributed by atoms with Crippen LogP contribution >= 0.6 is 11.3 Å². The van der Waals surface area contributed by atoms with Crippen molar-refractivity contribution in [3.05, 3.63) is 16.6 Å². The number of methoxy groups -OCH3 is 1. The van der Waals surface area contributed by atoms with Gasteiger partial charge >= 0.3 is 0 Å². The molecule has 96 valence electrons. The van der Waals surface area contributed by atoms with Gasteiger partial charge in [-0.25, -0.2) is 4.98 Å². The minimum atomic E-state index is 0.166. The van der Waals surface area contributed by atoms with Gasteiger partial charge in [0.05, 0.1) is 18.2 Å². The number of nitrogens with zero attached hydrogens (tertiary/aromatic N) is 2. The number of thiazole rings is 1. The zero-order valence-corrected chi connectivity index (χ0v) is 11.3. The van der Waals surface area contributed by atoms with Crippen molar-refractivity contribution in [2.45, 2.75) is 25.8 Å². The van der Waals surface area contributed by atoms with Gasteiger partial charge in [0.15, 0.2) is 5.96 Å². The molecule has 2 atom stereocenters. The third-order valence-electron chi connectivity index (χ3n) is 2.22. The minimum absolute atomic E-state index is 0.166. The highest BCUT2D eigenvalue weighted by Gasteiger charge is 2.08. The second-order valence-electron chi connectivity index (χ2n) is 4.00. The number of hydrogen-bond donors (Lipinski definition) is 2. The smallest absolute Gasteiger partial charge is 0.188 e. The van der Waals surface area contributed by atoms with Gasteiger partial charge in [-0.2, -0.15) is 0 Å². The fourth-order valence-corrected chi connectivity index (χ4v) is 2.07. The van der Waals surface area contributed by atoms with Crippen molar-refractivity contribution in [3.63, 3.8) is 0 Å². The molecule has 1 aromatic heterocycles. The number of guanidine groups is 1. The first-order chi connectivity index (χ1) is 8.13. The number of nitrogens with one attached hydrogen (secondary N) is 1. The summed E-state index contributed by atoms with van der Waals surface area (Å²) in [5, 5.41) is 6.13. The molecule has 0 bridgehead atoms. The Kier molecular flexibility index (Phi) is 5.93. The minimum Gasteiger partial charge on any atom is -0.383 e. The molecule has 0 saturated carbocycles. The van der Waals surface area contributed by atoms with Crippen LogP contribution < -0.4 is 11.1 Å². The average molecular weight is 256 g/mol. The lowest BCUT2D eigenvalue weighted by Crippen LogP contribution is -2.40. The molecule has 0 aliphatic rings. The van der Waals surface area contributed by atoms with Gasteiger partial charge in [-0.3, -0.25) is 4.99 Å². The maximum absolute atomic E-state index is 5.77. The van der Waals surface area contributed by atoms with Gasteiger partial charge in [0.1, 0.15) is 0 Å². The fourth-order valence-electron chi connectivity index (χ4n) is 1.38. The van der Waals surface area contributed by atoms with Gasteiger partial charge in [-0.05, 0) is 6.92 Å². The van der Waals surface area contributed by atoms with Gasteiger partial charge in [0.25, 0.3) is 0 Å². The van der Waals surface area contributed by atoms with Gasteiger partial charge in [-0.1, -0.05) is 6.92 Å². The molecule has 0 aliphatic carbocycles. The molecule has 0 saturated heterocycles. The summed E-state index contributed by atoms with van der Waals surface area (Å²) in [5.41, 5.74) is 5.77. The summed E-state index contributed by atoms with van der Waals surface area (Å²) in [4.78, 5) is 8.55. The van der Waals surface area contributed by atoms with Crippen LogP contribution in [-0.2, 0) is 4.74 Å². The van der Waals surface area contributed by atoms with Gasteiger partial charge in [-0.15, -0.1) is 11.3 Å². The van der Waals surface area contributed by atoms with Crippen LogP contribution in [0.4, 0.5) is 0 Å². The standard InChI is InChI=1S/C11H20N4OS/c1-8(10-13-4-5-17-10)6-14-11(12)15-9(2)7-16-3/h4-5,8-9H,6-7H2,1-3H3,(H3,12,14,15). The lowest BCUT2D eigenvalue weighted by atomic mass is 10.2. The van der Waals surface area contributed by atoms with E-state index in [1.54, 1.807) is 18.4 Å². The largest absolute Gasteiger partial charge is 0.383 e. The van der Waals surface area contributed by atoms with E-state index in [9.17, 15) is 0 Å². The number of ether oxygens (including phenoxy) is 1. The lowest BCUT2D eigenvalue weighted by molar-refractivity contribution is 0.179. The van der Waals surface area contributed by atoms with Crippen molar-refractivity contribution in [1.29, 1.82) is 0 Å². The first-order valence-electron chi connectivity index (χ1n) is 5.58. The second kappa shape index (κ2) is 7.24. The van der Waals surface area contributed by atoms with E-state index in [1.165, 1.54) is 0 Å². The van der Waals surface area contributed by atoms with Crippen LogP contribution in [0.3, 0.4) is 0 Å². The molecule has 17 heavy (non-hydrogen) atoms. The molecule has 1 rings (SSSR count). The normalized spacial score (nSPS) is 15.6. The summed E-state index contributed by atoms with van der Waals surface area (Å²) < 4.78 is 5.01. The van der Waals surface area contributed by atoms with E-state index in [1.807, 2.05) is 18.5 Å². The molecular weight excluding hydrogens is 236 g/mol. The Morgan fingerprint density at radius 3 is 3.00 bits per heavy atom. The molecule has 0 aliphatic heterocycles. The molecule has 2 unspecified atom stereocenters. The molecule has 1 aromatic rings. The molecule has 3 N–H and O–H groups in total. The van der Waals surface area contributed by atoms with Crippen molar-refractivity contribution in [2.75, 3.05) is 20.3 Å². The summed E-state index contributed by atoms with van der Waals surface area (Å²) in [6.45, 7) is 5.34. The summed E-state index contributed by atoms with van der Waals surface area (Å²) in [5.74, 6) is 0.756. The SMILES string of the molecule is COCC(C)NC(N)=NCC(C)c1nccs1. The quantitative estimate of drug-likeness (QED) is 0.592. The Morgan fingerprint density at radius 1 is 1.65 bits per heavy atom. The van der Waals surface area contributed by atoms with Gasteiger partial charge in [0, 0.05) is 30.6 Å². The number of aliphatic imine (C=N–C) groups is 1. The Morgan fingerprint density at radius 2 is 2.41 bits per heavy atom. The maximum Gasteiger partial charge on any atom is 0.188 e. The summed E-state index contributed by atoms with van der Waals surface area (Å²) in [7, 11) is 1.66. The van der Waals surface area contributed by atoms with Gasteiger partial charge in [0.2, 0.25) is 0 Å².